The van der Waals surface area contributed by atoms with Gasteiger partial charge in [0.05, 0.1) is 24.8 Å². The molecular weight excluding hydrogens is 312 g/mol. The molecule has 0 spiro atoms. The number of rotatable bonds is 5. The summed E-state index contributed by atoms with van der Waals surface area (Å²) in [5, 5.41) is 6.98. The Morgan fingerprint density at radius 1 is 1.28 bits per heavy atom. The minimum absolute atomic E-state index is 0.382. The van der Waals surface area contributed by atoms with Crippen molar-refractivity contribution in [3.8, 4) is 0 Å². The number of fused-ring (bicyclic) bond motifs is 3. The van der Waals surface area contributed by atoms with Gasteiger partial charge in [-0.1, -0.05) is 24.3 Å². The predicted molar refractivity (Wildman–Crippen MR) is 101 cm³/mol. The molecule has 1 aromatic rings. The lowest BCUT2D eigenvalue weighted by molar-refractivity contribution is 0.0992. The lowest BCUT2D eigenvalue weighted by atomic mass is 9.96. The Morgan fingerprint density at radius 3 is 2.92 bits per heavy atom. The van der Waals surface area contributed by atoms with Gasteiger partial charge in [-0.2, -0.15) is 0 Å². The van der Waals surface area contributed by atoms with E-state index in [1.54, 1.807) is 0 Å². The Bertz CT molecular complexity index is 617. The van der Waals surface area contributed by atoms with Crippen molar-refractivity contribution in [2.45, 2.75) is 57.4 Å². The van der Waals surface area contributed by atoms with E-state index in [9.17, 15) is 0 Å². The number of aliphatic imine (C=N–C) groups is 1. The van der Waals surface area contributed by atoms with Gasteiger partial charge in [0.1, 0.15) is 0 Å². The second-order valence-corrected chi connectivity index (χ2v) is 7.42. The van der Waals surface area contributed by atoms with Crippen LogP contribution in [0.1, 0.15) is 37.3 Å². The third kappa shape index (κ3) is 3.98. The van der Waals surface area contributed by atoms with Crippen LogP contribution < -0.4 is 10.6 Å². The van der Waals surface area contributed by atoms with Crippen molar-refractivity contribution in [1.82, 2.24) is 15.5 Å². The normalized spacial score (nSPS) is 28.8. The van der Waals surface area contributed by atoms with Gasteiger partial charge in [0.15, 0.2) is 5.96 Å². The Kier molecular flexibility index (Phi) is 5.22. The van der Waals surface area contributed by atoms with E-state index in [2.05, 4.69) is 46.7 Å². The summed E-state index contributed by atoms with van der Waals surface area (Å²) in [7, 11) is 0. The summed E-state index contributed by atoms with van der Waals surface area (Å²) in [5.74, 6) is 0.945. The lowest BCUT2D eigenvalue weighted by Crippen LogP contribution is -2.47. The zero-order chi connectivity index (χ0) is 17.1. The van der Waals surface area contributed by atoms with E-state index in [0.29, 0.717) is 18.2 Å². The molecule has 0 amide bonds. The fraction of sp³-hybridized carbons (Fsp3) is 0.650. The van der Waals surface area contributed by atoms with Gasteiger partial charge in [0.2, 0.25) is 0 Å². The van der Waals surface area contributed by atoms with Gasteiger partial charge in [-0.05, 0) is 43.7 Å². The van der Waals surface area contributed by atoms with Crippen LogP contribution in [0, 0.1) is 0 Å². The van der Waals surface area contributed by atoms with Gasteiger partial charge in [0.25, 0.3) is 0 Å². The van der Waals surface area contributed by atoms with E-state index < -0.39 is 0 Å². The maximum atomic E-state index is 5.94. The highest BCUT2D eigenvalue weighted by Crippen LogP contribution is 2.34. The van der Waals surface area contributed by atoms with Gasteiger partial charge in [-0.15, -0.1) is 0 Å². The van der Waals surface area contributed by atoms with E-state index in [1.165, 1.54) is 24.0 Å². The summed E-state index contributed by atoms with van der Waals surface area (Å²) in [6.07, 6.45) is 5.55. The smallest absolute Gasteiger partial charge is 0.191 e. The summed E-state index contributed by atoms with van der Waals surface area (Å²) >= 11 is 0. The molecular formula is C20H30N4O. The summed E-state index contributed by atoms with van der Waals surface area (Å²) in [5.41, 5.74) is 2.98. The van der Waals surface area contributed by atoms with Crippen molar-refractivity contribution in [3.05, 3.63) is 35.4 Å². The number of benzene rings is 1. The van der Waals surface area contributed by atoms with Crippen molar-refractivity contribution >= 4 is 5.96 Å². The highest BCUT2D eigenvalue weighted by Gasteiger charge is 2.41. The molecule has 0 saturated carbocycles. The number of hydrogen-bond donors (Lipinski definition) is 2. The maximum absolute atomic E-state index is 5.94. The van der Waals surface area contributed by atoms with Crippen LogP contribution >= 0.6 is 0 Å². The monoisotopic (exact) mass is 342 g/mol. The molecule has 2 N–H and O–H groups in total. The van der Waals surface area contributed by atoms with Crippen molar-refractivity contribution < 1.29 is 4.74 Å². The van der Waals surface area contributed by atoms with Crippen LogP contribution in [0.3, 0.4) is 0 Å². The quantitative estimate of drug-likeness (QED) is 0.634. The van der Waals surface area contributed by atoms with Crippen LogP contribution in [0.5, 0.6) is 0 Å². The lowest BCUT2D eigenvalue weighted by Gasteiger charge is -2.28. The summed E-state index contributed by atoms with van der Waals surface area (Å²) < 4.78 is 5.94. The average molecular weight is 342 g/mol. The summed E-state index contributed by atoms with van der Waals surface area (Å²) in [6.45, 7) is 7.05. The Labute approximate surface area is 150 Å². The summed E-state index contributed by atoms with van der Waals surface area (Å²) in [6, 6.07) is 9.23. The van der Waals surface area contributed by atoms with E-state index in [1.807, 2.05) is 0 Å². The highest BCUT2D eigenvalue weighted by atomic mass is 16.5. The third-order valence-electron chi connectivity index (χ3n) is 5.67. The second kappa shape index (κ2) is 7.75. The molecule has 3 aliphatic heterocycles. The standard InChI is InChI=1S/C20H30N4O/c1-2-21-20(23-18-13-17-7-8-19(18)25-17)22-10-12-24-11-9-15-5-3-4-6-16(15)14-24/h3-6,17-19H,2,7-14H2,1H3,(H2,21,22,23). The molecule has 0 radical (unpaired) electrons. The minimum atomic E-state index is 0.382. The van der Waals surface area contributed by atoms with Crippen LogP contribution in [0.15, 0.2) is 29.3 Å². The Morgan fingerprint density at radius 2 is 2.16 bits per heavy atom. The van der Waals surface area contributed by atoms with Crippen molar-refractivity contribution in [2.75, 3.05) is 26.2 Å². The zero-order valence-electron chi connectivity index (χ0n) is 15.2. The highest BCUT2D eigenvalue weighted by molar-refractivity contribution is 5.80. The van der Waals surface area contributed by atoms with Crippen LogP contribution in [0.25, 0.3) is 0 Å². The first kappa shape index (κ1) is 16.9. The van der Waals surface area contributed by atoms with Crippen LogP contribution in [-0.2, 0) is 17.7 Å². The van der Waals surface area contributed by atoms with Crippen molar-refractivity contribution in [1.29, 1.82) is 0 Å². The molecule has 136 valence electrons. The molecule has 5 heteroatoms. The van der Waals surface area contributed by atoms with Gasteiger partial charge < -0.3 is 15.4 Å². The first-order chi connectivity index (χ1) is 12.3. The maximum Gasteiger partial charge on any atom is 0.191 e. The van der Waals surface area contributed by atoms with Gasteiger partial charge in [-0.3, -0.25) is 9.89 Å². The van der Waals surface area contributed by atoms with Crippen LogP contribution in [0.2, 0.25) is 0 Å². The molecule has 0 aromatic heterocycles. The van der Waals surface area contributed by atoms with Crippen molar-refractivity contribution in [3.63, 3.8) is 0 Å². The van der Waals surface area contributed by atoms with E-state index in [4.69, 9.17) is 9.73 Å². The zero-order valence-corrected chi connectivity index (χ0v) is 15.2. The third-order valence-corrected chi connectivity index (χ3v) is 5.67. The average Bonchev–Trinajstić information content (AvgIpc) is 3.25. The minimum Gasteiger partial charge on any atom is -0.373 e. The van der Waals surface area contributed by atoms with Gasteiger partial charge >= 0.3 is 0 Å². The molecule has 1 aromatic carbocycles. The fourth-order valence-electron chi connectivity index (χ4n) is 4.33. The second-order valence-electron chi connectivity index (χ2n) is 7.42. The molecule has 3 atom stereocenters. The van der Waals surface area contributed by atoms with Gasteiger partial charge in [-0.25, -0.2) is 0 Å². The fourth-order valence-corrected chi connectivity index (χ4v) is 4.33. The molecule has 0 aliphatic carbocycles. The van der Waals surface area contributed by atoms with Crippen molar-refractivity contribution in [2.24, 2.45) is 4.99 Å². The number of nitrogens with one attached hydrogen (secondary N) is 2. The largest absolute Gasteiger partial charge is 0.373 e. The van der Waals surface area contributed by atoms with E-state index >= 15 is 0 Å². The molecule has 3 unspecified atom stereocenters. The number of guanidine groups is 1. The van der Waals surface area contributed by atoms with E-state index in [0.717, 1.165) is 51.5 Å². The van der Waals surface area contributed by atoms with E-state index in [-0.39, 0.29) is 0 Å². The summed E-state index contributed by atoms with van der Waals surface area (Å²) in [4.78, 5) is 7.32. The molecule has 2 fully saturated rings. The molecule has 25 heavy (non-hydrogen) atoms. The predicted octanol–water partition coefficient (Wildman–Crippen LogP) is 1.92. The molecule has 3 heterocycles. The molecule has 4 rings (SSSR count). The molecule has 2 bridgehead atoms. The number of ether oxygens (including phenoxy) is 1. The SMILES string of the molecule is CCNC(=NCCN1CCc2ccccc2C1)NC1CC2CCC1O2. The van der Waals surface area contributed by atoms with Gasteiger partial charge in [0, 0.05) is 26.2 Å². The first-order valence-electron chi connectivity index (χ1n) is 9.81. The topological polar surface area (TPSA) is 48.9 Å². The number of hydrogen-bond acceptors (Lipinski definition) is 3. The van der Waals surface area contributed by atoms with Crippen LogP contribution in [-0.4, -0.2) is 55.3 Å². The molecule has 5 nitrogen and oxygen atoms in total. The molecule has 2 saturated heterocycles. The Hall–Kier alpha value is -1.59. The van der Waals surface area contributed by atoms with Crippen LogP contribution in [0.4, 0.5) is 0 Å². The number of nitrogens with zero attached hydrogens (tertiary/aromatic N) is 2. The Balaban J connectivity index is 1.28. The first-order valence-corrected chi connectivity index (χ1v) is 9.81. The molecule has 3 aliphatic rings.